The first-order valence-electron chi connectivity index (χ1n) is 9.46. The number of piperidine rings is 1. The van der Waals surface area contributed by atoms with E-state index in [1.165, 1.54) is 28.6 Å². The molecule has 1 atom stereocenters. The van der Waals surface area contributed by atoms with Crippen LogP contribution in [0, 0.1) is 5.92 Å². The van der Waals surface area contributed by atoms with Crippen LogP contribution >= 0.6 is 34.8 Å². The molecule has 0 saturated carbocycles. The van der Waals surface area contributed by atoms with E-state index >= 15 is 0 Å². The third-order valence-corrected chi connectivity index (χ3v) is 7.75. The molecule has 1 saturated heterocycles. The first-order valence-corrected chi connectivity index (χ1v) is 12.2. The summed E-state index contributed by atoms with van der Waals surface area (Å²) in [6.07, 6.45) is -3.84. The molecule has 1 aliphatic rings. The Morgan fingerprint density at radius 2 is 1.81 bits per heavy atom. The molecule has 12 heteroatoms. The Hall–Kier alpha value is -1.52. The van der Waals surface area contributed by atoms with Crippen LogP contribution in [0.1, 0.15) is 24.0 Å². The van der Waals surface area contributed by atoms with Gasteiger partial charge in [0.05, 0.1) is 22.3 Å². The van der Waals surface area contributed by atoms with E-state index < -0.39 is 38.6 Å². The van der Waals surface area contributed by atoms with E-state index in [1.807, 2.05) is 0 Å². The molecule has 174 valence electrons. The third kappa shape index (κ3) is 6.08. The van der Waals surface area contributed by atoms with E-state index in [4.69, 9.17) is 34.8 Å². The average Bonchev–Trinajstić information content (AvgIpc) is 2.71. The Morgan fingerprint density at radius 1 is 1.09 bits per heavy atom. The number of hydrogen-bond donors (Lipinski definition) is 1. The van der Waals surface area contributed by atoms with E-state index in [-0.39, 0.29) is 29.6 Å². The van der Waals surface area contributed by atoms with Gasteiger partial charge in [-0.25, -0.2) is 12.7 Å². The Bertz CT molecular complexity index is 1130. The molecule has 1 aliphatic heterocycles. The highest BCUT2D eigenvalue weighted by molar-refractivity contribution is 7.88. The highest BCUT2D eigenvalue weighted by Crippen LogP contribution is 2.36. The van der Waals surface area contributed by atoms with Gasteiger partial charge >= 0.3 is 6.18 Å². The second-order valence-electron chi connectivity index (χ2n) is 7.37. The summed E-state index contributed by atoms with van der Waals surface area (Å²) >= 11 is 17.5. The fourth-order valence-electron chi connectivity index (χ4n) is 3.40. The number of hydrogen-bond acceptors (Lipinski definition) is 3. The fraction of sp³-hybridized carbons (Fsp3) is 0.350. The van der Waals surface area contributed by atoms with Crippen molar-refractivity contribution in [2.24, 2.45) is 5.92 Å². The van der Waals surface area contributed by atoms with Crippen molar-refractivity contribution in [3.05, 3.63) is 62.6 Å². The molecule has 0 aromatic heterocycles. The molecule has 5 nitrogen and oxygen atoms in total. The molecule has 2 aromatic carbocycles. The topological polar surface area (TPSA) is 66.5 Å². The summed E-state index contributed by atoms with van der Waals surface area (Å²) in [6, 6.07) is 7.56. The minimum absolute atomic E-state index is 0.0698. The summed E-state index contributed by atoms with van der Waals surface area (Å²) in [5, 5.41) is 2.55. The van der Waals surface area contributed by atoms with Crippen molar-refractivity contribution in [2.75, 3.05) is 18.4 Å². The van der Waals surface area contributed by atoms with Crippen LogP contribution in [0.15, 0.2) is 36.4 Å². The largest absolute Gasteiger partial charge is 0.417 e. The van der Waals surface area contributed by atoms with Gasteiger partial charge in [-0.2, -0.15) is 13.2 Å². The molecule has 1 amide bonds. The number of alkyl halides is 3. The highest BCUT2D eigenvalue weighted by atomic mass is 35.5. The number of rotatable bonds is 5. The molecule has 32 heavy (non-hydrogen) atoms. The number of sulfonamides is 1. The molecule has 0 radical (unpaired) electrons. The Kier molecular flexibility index (Phi) is 7.66. The molecule has 1 heterocycles. The number of amides is 1. The van der Waals surface area contributed by atoms with E-state index in [2.05, 4.69) is 5.32 Å². The van der Waals surface area contributed by atoms with Gasteiger partial charge in [-0.1, -0.05) is 40.9 Å². The molecular formula is C20H18Cl3F3N2O3S. The molecule has 0 bridgehead atoms. The van der Waals surface area contributed by atoms with Gasteiger partial charge in [0, 0.05) is 28.8 Å². The van der Waals surface area contributed by atoms with Gasteiger partial charge in [0.25, 0.3) is 0 Å². The molecular weight excluding hydrogens is 512 g/mol. The maximum absolute atomic E-state index is 13.0. The molecule has 0 unspecified atom stereocenters. The zero-order valence-corrected chi connectivity index (χ0v) is 19.5. The Morgan fingerprint density at radius 3 is 2.47 bits per heavy atom. The summed E-state index contributed by atoms with van der Waals surface area (Å²) < 4.78 is 66.1. The molecule has 1 fully saturated rings. The van der Waals surface area contributed by atoms with Gasteiger partial charge in [-0.15, -0.1) is 0 Å². The van der Waals surface area contributed by atoms with Crippen LogP contribution in [-0.2, 0) is 26.7 Å². The average molecular weight is 530 g/mol. The zero-order valence-electron chi connectivity index (χ0n) is 16.4. The van der Waals surface area contributed by atoms with Crippen molar-refractivity contribution >= 4 is 56.4 Å². The number of benzene rings is 2. The smallest absolute Gasteiger partial charge is 0.326 e. The van der Waals surface area contributed by atoms with Crippen molar-refractivity contribution in [2.45, 2.75) is 24.8 Å². The number of carbonyl (C=O) groups excluding carboxylic acids is 1. The molecule has 3 rings (SSSR count). The summed E-state index contributed by atoms with van der Waals surface area (Å²) in [5.41, 5.74) is -0.757. The second-order valence-corrected chi connectivity index (χ2v) is 10.6. The number of halogens is 6. The second kappa shape index (κ2) is 9.77. The maximum Gasteiger partial charge on any atom is 0.417 e. The predicted molar refractivity (Wildman–Crippen MR) is 118 cm³/mol. The number of anilines is 1. The van der Waals surface area contributed by atoms with Crippen LogP contribution in [0.5, 0.6) is 0 Å². The third-order valence-electron chi connectivity index (χ3n) is 5.04. The van der Waals surface area contributed by atoms with E-state index in [9.17, 15) is 26.4 Å². The SMILES string of the molecule is O=C(Nc1ccc(Cl)c(C(F)(F)F)c1)[C@H]1CCCN(S(=O)(=O)Cc2ccc(Cl)cc2Cl)C1. The molecule has 0 spiro atoms. The lowest BCUT2D eigenvalue weighted by molar-refractivity contribution is -0.137. The first kappa shape index (κ1) is 25.1. The van der Waals surface area contributed by atoms with Crippen molar-refractivity contribution in [3.8, 4) is 0 Å². The van der Waals surface area contributed by atoms with Crippen LogP contribution in [0.3, 0.4) is 0 Å². The zero-order chi connectivity index (χ0) is 23.7. The van der Waals surface area contributed by atoms with E-state index in [0.717, 1.165) is 12.1 Å². The minimum atomic E-state index is -4.67. The standard InChI is InChI=1S/C20H18Cl3F3N2O3S/c21-14-4-3-13(18(23)8-14)11-32(30,31)28-7-1-2-12(10-28)19(29)27-15-5-6-17(22)16(9-15)20(24,25)26/h3-6,8-9,12H,1-2,7,10-11H2,(H,27,29)/t12-/m0/s1. The van der Waals surface area contributed by atoms with Gasteiger partial charge in [0.15, 0.2) is 0 Å². The van der Waals surface area contributed by atoms with Crippen LogP contribution in [0.25, 0.3) is 0 Å². The van der Waals surface area contributed by atoms with Crippen molar-refractivity contribution in [1.82, 2.24) is 4.31 Å². The van der Waals surface area contributed by atoms with Gasteiger partial charge in [-0.05, 0) is 48.7 Å². The van der Waals surface area contributed by atoms with Gasteiger partial charge in [0.1, 0.15) is 0 Å². The molecule has 2 aromatic rings. The molecule has 1 N–H and O–H groups in total. The van der Waals surface area contributed by atoms with E-state index in [0.29, 0.717) is 23.4 Å². The van der Waals surface area contributed by atoms with Crippen molar-refractivity contribution in [1.29, 1.82) is 0 Å². The van der Waals surface area contributed by atoms with Crippen LogP contribution in [0.2, 0.25) is 15.1 Å². The monoisotopic (exact) mass is 528 g/mol. The Balaban J connectivity index is 1.71. The highest BCUT2D eigenvalue weighted by Gasteiger charge is 2.35. The van der Waals surface area contributed by atoms with Gasteiger partial charge in [0.2, 0.25) is 15.9 Å². The molecule has 0 aliphatic carbocycles. The fourth-order valence-corrected chi connectivity index (χ4v) is 5.82. The predicted octanol–water partition coefficient (Wildman–Crippen LogP) is 5.85. The van der Waals surface area contributed by atoms with Gasteiger partial charge < -0.3 is 5.32 Å². The summed E-state index contributed by atoms with van der Waals surface area (Å²) in [6.45, 7) is 0.148. The lowest BCUT2D eigenvalue weighted by Gasteiger charge is -2.31. The van der Waals surface area contributed by atoms with Crippen molar-refractivity contribution < 1.29 is 26.4 Å². The van der Waals surface area contributed by atoms with Gasteiger partial charge in [-0.3, -0.25) is 4.79 Å². The number of carbonyl (C=O) groups is 1. The quantitative estimate of drug-likeness (QED) is 0.529. The summed E-state index contributed by atoms with van der Waals surface area (Å²) in [5.74, 6) is -1.64. The van der Waals surface area contributed by atoms with Crippen molar-refractivity contribution in [3.63, 3.8) is 0 Å². The normalized spacial score (nSPS) is 17.9. The minimum Gasteiger partial charge on any atom is -0.326 e. The maximum atomic E-state index is 13.0. The Labute approximate surface area is 198 Å². The van der Waals surface area contributed by atoms with Crippen LogP contribution < -0.4 is 5.32 Å². The van der Waals surface area contributed by atoms with Crippen LogP contribution in [0.4, 0.5) is 18.9 Å². The van der Waals surface area contributed by atoms with Crippen LogP contribution in [-0.4, -0.2) is 31.7 Å². The summed E-state index contributed by atoms with van der Waals surface area (Å²) in [7, 11) is -3.78. The lowest BCUT2D eigenvalue weighted by atomic mass is 9.98. The van der Waals surface area contributed by atoms with E-state index in [1.54, 1.807) is 0 Å². The lowest BCUT2D eigenvalue weighted by Crippen LogP contribution is -2.44. The number of nitrogens with one attached hydrogen (secondary N) is 1. The summed E-state index contributed by atoms with van der Waals surface area (Å²) in [4.78, 5) is 12.7. The first-order chi connectivity index (χ1) is 14.9. The number of nitrogens with zero attached hydrogens (tertiary/aromatic N) is 1.